The van der Waals surface area contributed by atoms with Crippen molar-refractivity contribution < 1.29 is 19.1 Å². The molecule has 0 aliphatic carbocycles. The van der Waals surface area contributed by atoms with Gasteiger partial charge in [-0.1, -0.05) is 30.3 Å². The highest BCUT2D eigenvalue weighted by Gasteiger charge is 2.44. The van der Waals surface area contributed by atoms with Gasteiger partial charge in [0.1, 0.15) is 5.69 Å². The van der Waals surface area contributed by atoms with Gasteiger partial charge >= 0.3 is 5.97 Å². The Bertz CT molecular complexity index is 732. The molecule has 0 spiro atoms. The van der Waals surface area contributed by atoms with Gasteiger partial charge in [-0.2, -0.15) is 0 Å². The van der Waals surface area contributed by atoms with Crippen LogP contribution in [0.4, 0.5) is 0 Å². The highest BCUT2D eigenvalue weighted by atomic mass is 16.6. The molecule has 126 valence electrons. The smallest absolute Gasteiger partial charge is 0.357 e. The van der Waals surface area contributed by atoms with E-state index in [2.05, 4.69) is 4.98 Å². The van der Waals surface area contributed by atoms with Crippen molar-refractivity contribution in [3.63, 3.8) is 0 Å². The lowest BCUT2D eigenvalue weighted by Crippen LogP contribution is -2.43. The summed E-state index contributed by atoms with van der Waals surface area (Å²) < 4.78 is 12.6. The fourth-order valence-electron chi connectivity index (χ4n) is 2.87. The van der Waals surface area contributed by atoms with E-state index in [0.29, 0.717) is 18.7 Å². The Labute approximate surface area is 140 Å². The molecule has 2 heterocycles. The van der Waals surface area contributed by atoms with E-state index >= 15 is 0 Å². The van der Waals surface area contributed by atoms with Gasteiger partial charge in [-0.05, 0) is 19.4 Å². The molecular weight excluding hydrogens is 308 g/mol. The Balaban J connectivity index is 1.85. The number of esters is 1. The number of nitrogens with zero attached hydrogens (tertiary/aromatic N) is 2. The molecule has 0 radical (unpaired) electrons. The molecule has 0 amide bonds. The van der Waals surface area contributed by atoms with Crippen LogP contribution in [0.3, 0.4) is 0 Å². The first kappa shape index (κ1) is 16.4. The van der Waals surface area contributed by atoms with Gasteiger partial charge in [-0.3, -0.25) is 4.79 Å². The van der Waals surface area contributed by atoms with Crippen LogP contribution < -0.4 is 0 Å². The fourth-order valence-corrected chi connectivity index (χ4v) is 2.87. The number of carbonyl (C=O) groups is 2. The molecular formula is C18H20N2O4. The van der Waals surface area contributed by atoms with E-state index in [1.54, 1.807) is 10.9 Å². The second kappa shape index (κ2) is 6.57. The van der Waals surface area contributed by atoms with Crippen molar-refractivity contribution in [1.29, 1.82) is 0 Å². The topological polar surface area (TPSA) is 70.4 Å². The largest absolute Gasteiger partial charge is 0.444 e. The number of ether oxygens (including phenoxy) is 2. The van der Waals surface area contributed by atoms with E-state index in [4.69, 9.17) is 9.47 Å². The third kappa shape index (κ3) is 2.97. The monoisotopic (exact) mass is 328 g/mol. The Hall–Kier alpha value is -2.47. The SMILES string of the molecule is CC(=O)C1(OC(=O)c2cncn2C(C)c2ccccc2)CCOC1. The van der Waals surface area contributed by atoms with Crippen molar-refractivity contribution >= 4 is 11.8 Å². The molecule has 1 aliphatic rings. The van der Waals surface area contributed by atoms with Crippen molar-refractivity contribution in [3.8, 4) is 0 Å². The summed E-state index contributed by atoms with van der Waals surface area (Å²) in [6.07, 6.45) is 3.45. The summed E-state index contributed by atoms with van der Waals surface area (Å²) in [5, 5.41) is 0. The van der Waals surface area contributed by atoms with Gasteiger partial charge in [-0.15, -0.1) is 0 Å². The molecule has 0 N–H and O–H groups in total. The van der Waals surface area contributed by atoms with E-state index in [9.17, 15) is 9.59 Å². The van der Waals surface area contributed by atoms with Gasteiger partial charge in [-0.25, -0.2) is 9.78 Å². The molecule has 24 heavy (non-hydrogen) atoms. The molecule has 2 aromatic rings. The first-order chi connectivity index (χ1) is 11.5. The fraction of sp³-hybridized carbons (Fsp3) is 0.389. The van der Waals surface area contributed by atoms with Crippen LogP contribution in [0.15, 0.2) is 42.9 Å². The summed E-state index contributed by atoms with van der Waals surface area (Å²) in [7, 11) is 0. The standard InChI is InChI=1S/C18H20N2O4/c1-13(15-6-4-3-5-7-15)20-12-19-10-16(20)17(22)24-18(14(2)21)8-9-23-11-18/h3-7,10,12-13H,8-9,11H2,1-2H3. The van der Waals surface area contributed by atoms with E-state index in [1.807, 2.05) is 37.3 Å². The van der Waals surface area contributed by atoms with Crippen LogP contribution in [0.1, 0.15) is 42.4 Å². The minimum atomic E-state index is -1.18. The second-order valence-corrected chi connectivity index (χ2v) is 6.02. The lowest BCUT2D eigenvalue weighted by atomic mass is 9.98. The van der Waals surface area contributed by atoms with E-state index in [0.717, 1.165) is 5.56 Å². The van der Waals surface area contributed by atoms with Crippen LogP contribution in [0.25, 0.3) is 0 Å². The number of rotatable bonds is 5. The van der Waals surface area contributed by atoms with Crippen LogP contribution in [-0.4, -0.2) is 40.1 Å². The zero-order chi connectivity index (χ0) is 17.2. The molecule has 2 unspecified atom stereocenters. The highest BCUT2D eigenvalue weighted by molar-refractivity contribution is 5.93. The van der Waals surface area contributed by atoms with Gasteiger partial charge in [0, 0.05) is 6.42 Å². The first-order valence-corrected chi connectivity index (χ1v) is 7.92. The number of hydrogen-bond acceptors (Lipinski definition) is 5. The molecule has 0 bridgehead atoms. The molecule has 6 heteroatoms. The van der Waals surface area contributed by atoms with Crippen molar-refractivity contribution in [2.75, 3.05) is 13.2 Å². The van der Waals surface area contributed by atoms with Crippen LogP contribution in [0, 0.1) is 0 Å². The van der Waals surface area contributed by atoms with Crippen molar-refractivity contribution in [2.24, 2.45) is 0 Å². The third-order valence-electron chi connectivity index (χ3n) is 4.49. The van der Waals surface area contributed by atoms with Gasteiger partial charge < -0.3 is 14.0 Å². The average Bonchev–Trinajstić information content (AvgIpc) is 3.25. The summed E-state index contributed by atoms with van der Waals surface area (Å²) in [5.41, 5.74) is 0.191. The third-order valence-corrected chi connectivity index (χ3v) is 4.49. The number of benzene rings is 1. The Morgan fingerprint density at radius 2 is 2.08 bits per heavy atom. The number of carbonyl (C=O) groups excluding carboxylic acids is 2. The molecule has 3 rings (SSSR count). The van der Waals surface area contributed by atoms with Gasteiger partial charge in [0.05, 0.1) is 31.8 Å². The van der Waals surface area contributed by atoms with Gasteiger partial charge in [0.2, 0.25) is 0 Å². The molecule has 1 aromatic carbocycles. The minimum absolute atomic E-state index is 0.0793. The molecule has 6 nitrogen and oxygen atoms in total. The van der Waals surface area contributed by atoms with E-state index in [1.165, 1.54) is 13.1 Å². The average molecular weight is 328 g/mol. The Morgan fingerprint density at radius 1 is 1.33 bits per heavy atom. The lowest BCUT2D eigenvalue weighted by Gasteiger charge is -2.25. The first-order valence-electron chi connectivity index (χ1n) is 7.92. The molecule has 2 atom stereocenters. The van der Waals surface area contributed by atoms with E-state index < -0.39 is 11.6 Å². The predicted molar refractivity (Wildman–Crippen MR) is 86.7 cm³/mol. The normalized spacial score (nSPS) is 21.4. The molecule has 1 saturated heterocycles. The van der Waals surface area contributed by atoms with Crippen molar-refractivity contribution in [2.45, 2.75) is 31.9 Å². The lowest BCUT2D eigenvalue weighted by molar-refractivity contribution is -0.136. The maximum atomic E-state index is 12.6. The summed E-state index contributed by atoms with van der Waals surface area (Å²) in [5.74, 6) is -0.758. The van der Waals surface area contributed by atoms with Crippen molar-refractivity contribution in [3.05, 3.63) is 54.1 Å². The molecule has 1 aliphatic heterocycles. The zero-order valence-electron chi connectivity index (χ0n) is 13.8. The summed E-state index contributed by atoms with van der Waals surface area (Å²) >= 11 is 0. The van der Waals surface area contributed by atoms with Crippen molar-refractivity contribution in [1.82, 2.24) is 9.55 Å². The molecule has 1 aromatic heterocycles. The highest BCUT2D eigenvalue weighted by Crippen LogP contribution is 2.27. The summed E-state index contributed by atoms with van der Waals surface area (Å²) in [6, 6.07) is 9.73. The quantitative estimate of drug-likeness (QED) is 0.788. The number of Topliss-reactive ketones (excluding diaryl/α,β-unsaturated/α-hetero) is 1. The number of imidazole rings is 1. The second-order valence-electron chi connectivity index (χ2n) is 6.02. The van der Waals surface area contributed by atoms with Crippen LogP contribution in [0.2, 0.25) is 0 Å². The van der Waals surface area contributed by atoms with Crippen LogP contribution in [0.5, 0.6) is 0 Å². The minimum Gasteiger partial charge on any atom is -0.444 e. The molecule has 0 saturated carbocycles. The van der Waals surface area contributed by atoms with Crippen LogP contribution in [-0.2, 0) is 14.3 Å². The van der Waals surface area contributed by atoms with Crippen LogP contribution >= 0.6 is 0 Å². The Morgan fingerprint density at radius 3 is 2.71 bits per heavy atom. The summed E-state index contributed by atoms with van der Waals surface area (Å²) in [4.78, 5) is 28.6. The molecule has 1 fully saturated rings. The number of aromatic nitrogens is 2. The van der Waals surface area contributed by atoms with Gasteiger partial charge in [0.15, 0.2) is 11.4 Å². The predicted octanol–water partition coefficient (Wildman–Crippen LogP) is 2.40. The Kier molecular flexibility index (Phi) is 4.49. The maximum absolute atomic E-state index is 12.6. The summed E-state index contributed by atoms with van der Waals surface area (Å²) in [6.45, 7) is 3.92. The number of hydrogen-bond donors (Lipinski definition) is 0. The van der Waals surface area contributed by atoms with Gasteiger partial charge in [0.25, 0.3) is 0 Å². The zero-order valence-corrected chi connectivity index (χ0v) is 13.8. The maximum Gasteiger partial charge on any atom is 0.357 e. The van der Waals surface area contributed by atoms with E-state index in [-0.39, 0.29) is 18.4 Å². The number of ketones is 1.